The molecule has 7 heteroatoms. The zero-order valence-electron chi connectivity index (χ0n) is 9.44. The van der Waals surface area contributed by atoms with Crippen molar-refractivity contribution in [1.82, 2.24) is 9.55 Å². The smallest absolute Gasteiger partial charge is 0.416 e. The lowest BCUT2D eigenvalue weighted by Crippen LogP contribution is -2.14. The van der Waals surface area contributed by atoms with E-state index in [0.717, 1.165) is 12.1 Å². The average molecular weight is 268 g/mol. The molecule has 0 aliphatic carbocycles. The fraction of sp³-hybridized carbons (Fsp3) is 0.167. The number of imidazole rings is 1. The molecular formula is C12H7F3N2O2. The average Bonchev–Trinajstić information content (AvgIpc) is 2.80. The molecule has 4 nitrogen and oxygen atoms in total. The van der Waals surface area contributed by atoms with E-state index in [1.165, 1.54) is 12.4 Å². The molecule has 1 aromatic heterocycles. The number of halogens is 3. The summed E-state index contributed by atoms with van der Waals surface area (Å²) >= 11 is 0. The third-order valence-electron chi connectivity index (χ3n) is 2.92. The molecule has 0 fully saturated rings. The summed E-state index contributed by atoms with van der Waals surface area (Å²) in [6.07, 6.45) is -2.43. The Labute approximate surface area is 105 Å². The highest BCUT2D eigenvalue weighted by Crippen LogP contribution is 2.37. The van der Waals surface area contributed by atoms with Crippen LogP contribution in [-0.2, 0) is 12.8 Å². The van der Waals surface area contributed by atoms with Gasteiger partial charge in [-0.25, -0.2) is 4.98 Å². The summed E-state index contributed by atoms with van der Waals surface area (Å²) in [6.45, 7) is 0.0163. The van der Waals surface area contributed by atoms with Crippen LogP contribution in [0.1, 0.15) is 21.7 Å². The summed E-state index contributed by atoms with van der Waals surface area (Å²) in [7, 11) is 0. The summed E-state index contributed by atoms with van der Waals surface area (Å²) < 4.78 is 44.6. The molecule has 0 saturated heterocycles. The first-order valence-corrected chi connectivity index (χ1v) is 5.36. The van der Waals surface area contributed by atoms with Gasteiger partial charge >= 0.3 is 6.18 Å². The molecule has 0 atom stereocenters. The van der Waals surface area contributed by atoms with Gasteiger partial charge in [-0.05, 0) is 18.2 Å². The van der Waals surface area contributed by atoms with Crippen LogP contribution >= 0.6 is 0 Å². The second-order valence-electron chi connectivity index (χ2n) is 4.03. The van der Waals surface area contributed by atoms with E-state index in [-0.39, 0.29) is 18.1 Å². The third kappa shape index (κ3) is 1.78. The number of hydrogen-bond donors (Lipinski definition) is 0. The maximum Gasteiger partial charge on any atom is 0.416 e. The Morgan fingerprint density at radius 3 is 2.84 bits per heavy atom. The highest BCUT2D eigenvalue weighted by Gasteiger charge is 2.32. The maximum absolute atomic E-state index is 12.6. The number of ether oxygens (including phenoxy) is 1. The lowest BCUT2D eigenvalue weighted by molar-refractivity contribution is -0.137. The van der Waals surface area contributed by atoms with E-state index in [2.05, 4.69) is 4.98 Å². The van der Waals surface area contributed by atoms with Crippen LogP contribution in [0.15, 0.2) is 24.5 Å². The Morgan fingerprint density at radius 1 is 1.37 bits per heavy atom. The largest absolute Gasteiger partial charge is 0.485 e. The molecule has 2 aromatic rings. The zero-order valence-corrected chi connectivity index (χ0v) is 9.44. The van der Waals surface area contributed by atoms with Gasteiger partial charge in [-0.15, -0.1) is 0 Å². The molecule has 1 aliphatic heterocycles. The van der Waals surface area contributed by atoms with Gasteiger partial charge in [-0.2, -0.15) is 13.2 Å². The van der Waals surface area contributed by atoms with Crippen LogP contribution in [0.5, 0.6) is 5.75 Å². The van der Waals surface area contributed by atoms with Crippen molar-refractivity contribution in [3.8, 4) is 11.4 Å². The number of hydrogen-bond acceptors (Lipinski definition) is 3. The topological polar surface area (TPSA) is 44.1 Å². The SMILES string of the molecule is O=Cc1ncn2c1COc1cc(C(F)(F)F)ccc1-2. The Bertz CT molecular complexity index is 661. The van der Waals surface area contributed by atoms with E-state index in [1.54, 1.807) is 4.57 Å². The molecule has 98 valence electrons. The van der Waals surface area contributed by atoms with Gasteiger partial charge < -0.3 is 4.74 Å². The van der Waals surface area contributed by atoms with E-state index in [0.29, 0.717) is 17.7 Å². The van der Waals surface area contributed by atoms with Crippen LogP contribution < -0.4 is 4.74 Å². The number of carbonyl (C=O) groups is 1. The summed E-state index contributed by atoms with van der Waals surface area (Å²) in [4.78, 5) is 14.6. The molecule has 0 unspecified atom stereocenters. The normalized spacial score (nSPS) is 13.4. The molecule has 2 heterocycles. The number of alkyl halides is 3. The number of benzene rings is 1. The Morgan fingerprint density at radius 2 is 2.16 bits per heavy atom. The predicted octanol–water partition coefficient (Wildman–Crippen LogP) is 2.60. The summed E-state index contributed by atoms with van der Waals surface area (Å²) in [5, 5.41) is 0. The first kappa shape index (κ1) is 11.8. The molecule has 0 saturated carbocycles. The van der Waals surface area contributed by atoms with E-state index in [9.17, 15) is 18.0 Å². The van der Waals surface area contributed by atoms with Gasteiger partial charge in [0.1, 0.15) is 24.4 Å². The van der Waals surface area contributed by atoms with Gasteiger partial charge in [0.25, 0.3) is 0 Å². The van der Waals surface area contributed by atoms with E-state index in [4.69, 9.17) is 4.74 Å². The molecule has 0 spiro atoms. The monoisotopic (exact) mass is 268 g/mol. The highest BCUT2D eigenvalue weighted by atomic mass is 19.4. The minimum Gasteiger partial charge on any atom is -0.485 e. The van der Waals surface area contributed by atoms with Gasteiger partial charge in [0.2, 0.25) is 0 Å². The lowest BCUT2D eigenvalue weighted by atomic mass is 10.1. The molecule has 0 N–H and O–H groups in total. The number of carbonyl (C=O) groups excluding carboxylic acids is 1. The third-order valence-corrected chi connectivity index (χ3v) is 2.92. The van der Waals surface area contributed by atoms with Crippen molar-refractivity contribution in [2.24, 2.45) is 0 Å². The fourth-order valence-corrected chi connectivity index (χ4v) is 1.99. The van der Waals surface area contributed by atoms with E-state index in [1.807, 2.05) is 0 Å². The number of aromatic nitrogens is 2. The van der Waals surface area contributed by atoms with Crippen LogP contribution in [0.3, 0.4) is 0 Å². The molecule has 0 bridgehead atoms. The van der Waals surface area contributed by atoms with Gasteiger partial charge in [-0.1, -0.05) is 0 Å². The van der Waals surface area contributed by atoms with Crippen LogP contribution in [0.25, 0.3) is 5.69 Å². The molecule has 0 radical (unpaired) electrons. The van der Waals surface area contributed by atoms with Gasteiger partial charge in [0, 0.05) is 0 Å². The minimum absolute atomic E-state index is 0.0163. The second-order valence-corrected chi connectivity index (χ2v) is 4.03. The molecule has 1 aliphatic rings. The number of aldehydes is 1. The molecule has 1 aromatic carbocycles. The Balaban J connectivity index is 2.13. The summed E-state index contributed by atoms with van der Waals surface area (Å²) in [5.41, 5.74) is 0.424. The quantitative estimate of drug-likeness (QED) is 0.747. The number of nitrogens with zero attached hydrogens (tertiary/aromatic N) is 2. The molecule has 19 heavy (non-hydrogen) atoms. The predicted molar refractivity (Wildman–Crippen MR) is 58.3 cm³/mol. The first-order chi connectivity index (χ1) is 9.00. The van der Waals surface area contributed by atoms with Crippen LogP contribution in [0.4, 0.5) is 13.2 Å². The van der Waals surface area contributed by atoms with Crippen molar-refractivity contribution in [1.29, 1.82) is 0 Å². The van der Waals surface area contributed by atoms with Gasteiger partial charge in [-0.3, -0.25) is 9.36 Å². The molecule has 3 rings (SSSR count). The van der Waals surface area contributed by atoms with Crippen molar-refractivity contribution in [2.45, 2.75) is 12.8 Å². The fourth-order valence-electron chi connectivity index (χ4n) is 1.99. The van der Waals surface area contributed by atoms with Crippen molar-refractivity contribution in [2.75, 3.05) is 0 Å². The van der Waals surface area contributed by atoms with Crippen molar-refractivity contribution in [3.63, 3.8) is 0 Å². The van der Waals surface area contributed by atoms with Crippen molar-refractivity contribution < 1.29 is 22.7 Å². The number of rotatable bonds is 1. The molecule has 0 amide bonds. The van der Waals surface area contributed by atoms with Crippen LogP contribution in [-0.4, -0.2) is 15.8 Å². The van der Waals surface area contributed by atoms with E-state index < -0.39 is 11.7 Å². The van der Waals surface area contributed by atoms with Crippen molar-refractivity contribution >= 4 is 6.29 Å². The minimum atomic E-state index is -4.42. The Kier molecular flexibility index (Phi) is 2.38. The summed E-state index contributed by atoms with van der Waals surface area (Å²) in [6, 6.07) is 3.22. The maximum atomic E-state index is 12.6. The molecular weight excluding hydrogens is 261 g/mol. The van der Waals surface area contributed by atoms with Crippen molar-refractivity contribution in [3.05, 3.63) is 41.5 Å². The van der Waals surface area contributed by atoms with Gasteiger partial charge in [0.15, 0.2) is 6.29 Å². The Hall–Kier alpha value is -2.31. The van der Waals surface area contributed by atoms with Crippen LogP contribution in [0.2, 0.25) is 0 Å². The lowest BCUT2D eigenvalue weighted by Gasteiger charge is -2.21. The van der Waals surface area contributed by atoms with Crippen LogP contribution in [0, 0.1) is 0 Å². The zero-order chi connectivity index (χ0) is 13.6. The van der Waals surface area contributed by atoms with Gasteiger partial charge in [0.05, 0.1) is 16.9 Å². The summed E-state index contributed by atoms with van der Waals surface area (Å²) in [5.74, 6) is 0.122. The van der Waals surface area contributed by atoms with E-state index >= 15 is 0 Å². The number of fused-ring (bicyclic) bond motifs is 3. The highest BCUT2D eigenvalue weighted by molar-refractivity contribution is 5.74. The second kappa shape index (κ2) is 3.84. The standard InChI is InChI=1S/C12H7F3N2O2/c13-12(14,15)7-1-2-9-11(3-7)19-5-10-8(4-18)16-6-17(9)10/h1-4,6H,5H2. The first-order valence-electron chi connectivity index (χ1n) is 5.36.